The molecule has 0 saturated heterocycles. The lowest BCUT2D eigenvalue weighted by Crippen LogP contribution is -1.99. The molecule has 2 nitrogen and oxygen atoms in total. The minimum atomic E-state index is -0.782. The lowest BCUT2D eigenvalue weighted by atomic mass is 10.1. The fourth-order valence-corrected chi connectivity index (χ4v) is 4.61. The highest BCUT2D eigenvalue weighted by Crippen LogP contribution is 2.40. The summed E-state index contributed by atoms with van der Waals surface area (Å²) < 4.78 is 7.44. The van der Waals surface area contributed by atoms with Gasteiger partial charge in [0.05, 0.1) is 17.2 Å². The molecule has 0 spiro atoms. The van der Waals surface area contributed by atoms with Gasteiger partial charge in [0, 0.05) is 25.9 Å². The highest BCUT2D eigenvalue weighted by molar-refractivity contribution is 7.26. The van der Waals surface area contributed by atoms with E-state index in [9.17, 15) is 5.11 Å². The average molecular weight is 345 g/mol. The van der Waals surface area contributed by atoms with Crippen LogP contribution in [0, 0.1) is 0 Å². The molecule has 0 radical (unpaired) electrons. The normalized spacial score (nSPS) is 12.8. The van der Waals surface area contributed by atoms with Crippen LogP contribution in [-0.4, -0.2) is 12.2 Å². The highest BCUT2D eigenvalue weighted by atomic mass is 35.5. The fourth-order valence-electron chi connectivity index (χ4n) is 1.98. The van der Waals surface area contributed by atoms with Crippen molar-refractivity contribution in [3.05, 3.63) is 50.1 Å². The van der Waals surface area contributed by atoms with E-state index >= 15 is 0 Å². The predicted octanol–water partition coefficient (Wildman–Crippen LogP) is 5.36. The van der Waals surface area contributed by atoms with Crippen LogP contribution < -0.4 is 4.74 Å². The first-order chi connectivity index (χ1) is 9.60. The van der Waals surface area contributed by atoms with Gasteiger partial charge in [-0.2, -0.15) is 0 Å². The van der Waals surface area contributed by atoms with E-state index in [4.69, 9.17) is 27.9 Å². The molecular formula is C14H10Cl2O2S2. The monoisotopic (exact) mass is 344 g/mol. The molecule has 20 heavy (non-hydrogen) atoms. The van der Waals surface area contributed by atoms with E-state index in [1.807, 2.05) is 17.5 Å². The first-order valence-electron chi connectivity index (χ1n) is 5.78. The Bertz CT molecular complexity index is 735. The second-order valence-corrected chi connectivity index (χ2v) is 7.09. The molecule has 1 atom stereocenters. The molecule has 1 aromatic carbocycles. The molecule has 0 aliphatic carbocycles. The summed E-state index contributed by atoms with van der Waals surface area (Å²) >= 11 is 15.5. The first kappa shape index (κ1) is 14.2. The Balaban J connectivity index is 2.03. The van der Waals surface area contributed by atoms with E-state index < -0.39 is 6.10 Å². The van der Waals surface area contributed by atoms with E-state index in [0.29, 0.717) is 21.4 Å². The molecule has 0 saturated carbocycles. The maximum Gasteiger partial charge on any atom is 0.138 e. The third-order valence-electron chi connectivity index (χ3n) is 2.99. The van der Waals surface area contributed by atoms with E-state index in [0.717, 1.165) is 4.88 Å². The number of methoxy groups -OCH3 is 1. The second-order valence-electron chi connectivity index (χ2n) is 4.21. The number of benzene rings is 1. The number of fused-ring (bicyclic) bond motifs is 1. The summed E-state index contributed by atoms with van der Waals surface area (Å²) in [5.41, 5.74) is 0.589. The first-order valence-corrected chi connectivity index (χ1v) is 8.23. The van der Waals surface area contributed by atoms with Crippen molar-refractivity contribution in [3.8, 4) is 5.75 Å². The van der Waals surface area contributed by atoms with Crippen molar-refractivity contribution >= 4 is 55.3 Å². The summed E-state index contributed by atoms with van der Waals surface area (Å²) in [5, 5.41) is 13.4. The molecule has 2 heterocycles. The van der Waals surface area contributed by atoms with Crippen molar-refractivity contribution in [2.75, 3.05) is 7.11 Å². The van der Waals surface area contributed by atoms with Gasteiger partial charge in [-0.15, -0.1) is 22.7 Å². The molecule has 6 heteroatoms. The largest absolute Gasteiger partial charge is 0.495 e. The Morgan fingerprint density at radius 1 is 1.15 bits per heavy atom. The number of ether oxygens (including phenoxy) is 1. The lowest BCUT2D eigenvalue weighted by molar-refractivity contribution is 0.224. The number of hydrogen-bond donors (Lipinski definition) is 1. The maximum absolute atomic E-state index is 10.5. The molecule has 3 rings (SSSR count). The zero-order valence-electron chi connectivity index (χ0n) is 10.4. The van der Waals surface area contributed by atoms with Crippen molar-refractivity contribution in [1.29, 1.82) is 0 Å². The summed E-state index contributed by atoms with van der Waals surface area (Å²) in [5.74, 6) is 0.500. The molecule has 0 fully saturated rings. The summed E-state index contributed by atoms with van der Waals surface area (Å²) in [7, 11) is 1.53. The third-order valence-corrected chi connectivity index (χ3v) is 5.76. The van der Waals surface area contributed by atoms with Crippen LogP contribution >= 0.6 is 45.9 Å². The number of thiophene rings is 2. The smallest absolute Gasteiger partial charge is 0.138 e. The van der Waals surface area contributed by atoms with Crippen molar-refractivity contribution in [2.24, 2.45) is 0 Å². The standard InChI is InChI=1S/C14H10Cl2O2S2/c1-18-10-5-8(15)7(4-9(10)16)14(17)13-6-12-11(20-13)2-3-19-12/h2-6,14,17H,1H3. The highest BCUT2D eigenvalue weighted by Gasteiger charge is 2.19. The minimum Gasteiger partial charge on any atom is -0.495 e. The van der Waals surface area contributed by atoms with Gasteiger partial charge in [0.15, 0.2) is 0 Å². The summed E-state index contributed by atoms with van der Waals surface area (Å²) in [6.07, 6.45) is -0.782. The SMILES string of the molecule is COc1cc(Cl)c(C(O)c2cc3sccc3s2)cc1Cl. The van der Waals surface area contributed by atoms with Gasteiger partial charge in [-0.05, 0) is 23.6 Å². The van der Waals surface area contributed by atoms with Crippen LogP contribution in [0.3, 0.4) is 0 Å². The zero-order valence-corrected chi connectivity index (χ0v) is 13.5. The Kier molecular flexibility index (Phi) is 3.93. The minimum absolute atomic E-state index is 0.435. The van der Waals surface area contributed by atoms with Gasteiger partial charge in [0.1, 0.15) is 11.9 Å². The molecule has 1 unspecified atom stereocenters. The van der Waals surface area contributed by atoms with Crippen LogP contribution in [0.1, 0.15) is 16.5 Å². The Morgan fingerprint density at radius 2 is 1.95 bits per heavy atom. The maximum atomic E-state index is 10.5. The van der Waals surface area contributed by atoms with Gasteiger partial charge in [-0.1, -0.05) is 23.2 Å². The molecule has 2 aromatic heterocycles. The number of rotatable bonds is 3. The van der Waals surface area contributed by atoms with Crippen molar-refractivity contribution < 1.29 is 9.84 Å². The lowest BCUT2D eigenvalue weighted by Gasteiger charge is -2.13. The zero-order chi connectivity index (χ0) is 14.3. The Hall–Kier alpha value is -0.780. The van der Waals surface area contributed by atoms with Crippen molar-refractivity contribution in [1.82, 2.24) is 0 Å². The number of aliphatic hydroxyl groups excluding tert-OH is 1. The van der Waals surface area contributed by atoms with Crippen LogP contribution in [0.15, 0.2) is 29.6 Å². The summed E-state index contributed by atoms with van der Waals surface area (Å²) in [6.45, 7) is 0. The molecule has 0 aliphatic heterocycles. The van der Waals surface area contributed by atoms with E-state index in [1.165, 1.54) is 16.5 Å². The van der Waals surface area contributed by atoms with Gasteiger partial charge in [0.2, 0.25) is 0 Å². The molecule has 3 aromatic rings. The summed E-state index contributed by atoms with van der Waals surface area (Å²) in [6, 6.07) is 7.31. The van der Waals surface area contributed by atoms with E-state index in [1.54, 1.807) is 34.8 Å². The van der Waals surface area contributed by atoms with Crippen LogP contribution in [0.25, 0.3) is 9.40 Å². The van der Waals surface area contributed by atoms with Crippen molar-refractivity contribution in [2.45, 2.75) is 6.10 Å². The molecule has 0 aliphatic rings. The molecule has 0 bridgehead atoms. The van der Waals surface area contributed by atoms with Gasteiger partial charge in [-0.3, -0.25) is 0 Å². The number of aliphatic hydroxyl groups is 1. The average Bonchev–Trinajstić information content (AvgIpc) is 3.01. The third kappa shape index (κ3) is 2.43. The van der Waals surface area contributed by atoms with E-state index in [-0.39, 0.29) is 0 Å². The number of halogens is 2. The topological polar surface area (TPSA) is 29.5 Å². The van der Waals surface area contributed by atoms with Gasteiger partial charge >= 0.3 is 0 Å². The molecule has 104 valence electrons. The quantitative estimate of drug-likeness (QED) is 0.692. The van der Waals surface area contributed by atoms with Gasteiger partial charge in [0.25, 0.3) is 0 Å². The number of hydrogen-bond acceptors (Lipinski definition) is 4. The van der Waals surface area contributed by atoms with Gasteiger partial charge in [-0.25, -0.2) is 0 Å². The van der Waals surface area contributed by atoms with Crippen LogP contribution in [0.2, 0.25) is 10.0 Å². The fraction of sp³-hybridized carbons (Fsp3) is 0.143. The summed E-state index contributed by atoms with van der Waals surface area (Å²) in [4.78, 5) is 0.856. The Morgan fingerprint density at radius 3 is 2.65 bits per heavy atom. The van der Waals surface area contributed by atoms with Crippen LogP contribution in [0.5, 0.6) is 5.75 Å². The van der Waals surface area contributed by atoms with E-state index in [2.05, 4.69) is 0 Å². The Labute approximate surface area is 134 Å². The van der Waals surface area contributed by atoms with Gasteiger partial charge < -0.3 is 9.84 Å². The second kappa shape index (κ2) is 5.54. The van der Waals surface area contributed by atoms with Crippen LogP contribution in [0.4, 0.5) is 0 Å². The molecule has 0 amide bonds. The van der Waals surface area contributed by atoms with Crippen LogP contribution in [-0.2, 0) is 0 Å². The predicted molar refractivity (Wildman–Crippen MR) is 86.8 cm³/mol. The van der Waals surface area contributed by atoms with Crippen molar-refractivity contribution in [3.63, 3.8) is 0 Å². The molecular weight excluding hydrogens is 335 g/mol. The molecule has 1 N–H and O–H groups in total.